The van der Waals surface area contributed by atoms with Crippen molar-refractivity contribution in [3.63, 3.8) is 0 Å². The van der Waals surface area contributed by atoms with Crippen molar-refractivity contribution in [3.8, 4) is 0 Å². The molecule has 2 heterocycles. The van der Waals surface area contributed by atoms with E-state index in [4.69, 9.17) is 27.4 Å². The van der Waals surface area contributed by atoms with Gasteiger partial charge in [0.05, 0.1) is 31.0 Å². The Kier molecular flexibility index (Phi) is 4.38. The first-order chi connectivity index (χ1) is 11.5. The summed E-state index contributed by atoms with van der Waals surface area (Å²) in [6, 6.07) is 4.17. The highest BCUT2D eigenvalue weighted by Crippen LogP contribution is 2.29. The van der Waals surface area contributed by atoms with Crippen LogP contribution in [0.4, 0.5) is 25.4 Å². The summed E-state index contributed by atoms with van der Waals surface area (Å²) in [6.45, 7) is 1.01. The van der Waals surface area contributed by atoms with Crippen LogP contribution >= 0.6 is 12.2 Å². The molecule has 2 aliphatic heterocycles. The average Bonchev–Trinajstić information content (AvgIpc) is 3.11. The molecule has 3 rings (SSSR count). The van der Waals surface area contributed by atoms with Crippen LogP contribution in [-0.4, -0.2) is 49.6 Å². The van der Waals surface area contributed by atoms with Gasteiger partial charge < -0.3 is 20.5 Å². The highest BCUT2D eigenvalue weighted by Gasteiger charge is 2.33. The summed E-state index contributed by atoms with van der Waals surface area (Å²) in [6.07, 6.45) is -1.63. The highest BCUT2D eigenvalue weighted by atomic mass is 32.1. The Labute approximate surface area is 142 Å². The van der Waals surface area contributed by atoms with Gasteiger partial charge in [-0.1, -0.05) is 0 Å². The second-order valence-corrected chi connectivity index (χ2v) is 5.70. The van der Waals surface area contributed by atoms with Crippen molar-refractivity contribution in [3.05, 3.63) is 24.0 Å². The average molecular weight is 354 g/mol. The van der Waals surface area contributed by atoms with E-state index in [1.165, 1.54) is 21.9 Å². The Hall–Kier alpha value is -2.62. The molecule has 0 unspecified atom stereocenters. The number of rotatable bonds is 4. The first kappa shape index (κ1) is 16.2. The van der Waals surface area contributed by atoms with E-state index in [1.54, 1.807) is 6.07 Å². The molecule has 8 nitrogen and oxygen atoms in total. The SMILES string of the molecule is NC(=S)NC[C@H]1CN(c2ccc(N3CCOC3=O)c(F)c2)C(=O)O1. The van der Waals surface area contributed by atoms with E-state index < -0.39 is 24.1 Å². The van der Waals surface area contributed by atoms with Crippen LogP contribution in [0.2, 0.25) is 0 Å². The number of benzene rings is 1. The summed E-state index contributed by atoms with van der Waals surface area (Å²) in [4.78, 5) is 26.0. The monoisotopic (exact) mass is 354 g/mol. The third-order valence-corrected chi connectivity index (χ3v) is 3.82. The predicted octanol–water partition coefficient (Wildman–Crippen LogP) is 0.941. The molecular weight excluding hydrogens is 339 g/mol. The third kappa shape index (κ3) is 3.18. The van der Waals surface area contributed by atoms with Gasteiger partial charge in [-0.3, -0.25) is 9.80 Å². The lowest BCUT2D eigenvalue weighted by atomic mass is 10.2. The van der Waals surface area contributed by atoms with Gasteiger partial charge in [0.1, 0.15) is 18.5 Å². The molecule has 2 aliphatic rings. The molecule has 0 spiro atoms. The maximum Gasteiger partial charge on any atom is 0.414 e. The van der Waals surface area contributed by atoms with E-state index in [-0.39, 0.29) is 37.0 Å². The van der Waals surface area contributed by atoms with Crippen LogP contribution in [0.25, 0.3) is 0 Å². The third-order valence-electron chi connectivity index (χ3n) is 3.67. The van der Waals surface area contributed by atoms with Crippen molar-refractivity contribution in [2.75, 3.05) is 36.0 Å². The zero-order valence-corrected chi connectivity index (χ0v) is 13.3. The van der Waals surface area contributed by atoms with Crippen molar-refractivity contribution in [1.82, 2.24) is 5.32 Å². The lowest BCUT2D eigenvalue weighted by molar-refractivity contribution is 0.143. The minimum Gasteiger partial charge on any atom is -0.447 e. The van der Waals surface area contributed by atoms with E-state index in [9.17, 15) is 14.0 Å². The van der Waals surface area contributed by atoms with Crippen LogP contribution in [-0.2, 0) is 9.47 Å². The molecule has 2 saturated heterocycles. The second kappa shape index (κ2) is 6.48. The van der Waals surface area contributed by atoms with E-state index in [0.717, 1.165) is 0 Å². The molecule has 10 heteroatoms. The van der Waals surface area contributed by atoms with Crippen LogP contribution in [0, 0.1) is 5.82 Å². The van der Waals surface area contributed by atoms with Gasteiger partial charge in [-0.25, -0.2) is 14.0 Å². The number of carbonyl (C=O) groups excluding carboxylic acids is 2. The van der Waals surface area contributed by atoms with Gasteiger partial charge in [-0.2, -0.15) is 0 Å². The Morgan fingerprint density at radius 2 is 2.17 bits per heavy atom. The van der Waals surface area contributed by atoms with Crippen LogP contribution in [0.1, 0.15) is 0 Å². The number of nitrogens with two attached hydrogens (primary N) is 1. The second-order valence-electron chi connectivity index (χ2n) is 5.26. The molecule has 1 atom stereocenters. The Morgan fingerprint density at radius 1 is 1.38 bits per heavy atom. The molecule has 0 saturated carbocycles. The van der Waals surface area contributed by atoms with Gasteiger partial charge in [0.25, 0.3) is 0 Å². The molecule has 1 aromatic rings. The molecule has 2 amide bonds. The van der Waals surface area contributed by atoms with E-state index in [1.807, 2.05) is 0 Å². The minimum absolute atomic E-state index is 0.109. The van der Waals surface area contributed by atoms with E-state index >= 15 is 0 Å². The summed E-state index contributed by atoms with van der Waals surface area (Å²) < 4.78 is 24.3. The first-order valence-electron chi connectivity index (χ1n) is 7.21. The summed E-state index contributed by atoms with van der Waals surface area (Å²) in [7, 11) is 0. The number of amides is 2. The number of cyclic esters (lactones) is 2. The van der Waals surface area contributed by atoms with Crippen LogP contribution in [0.15, 0.2) is 18.2 Å². The smallest absolute Gasteiger partial charge is 0.414 e. The van der Waals surface area contributed by atoms with Crippen molar-refractivity contribution < 1.29 is 23.5 Å². The summed E-state index contributed by atoms with van der Waals surface area (Å²) >= 11 is 4.70. The first-order valence-corrected chi connectivity index (χ1v) is 7.62. The molecule has 0 bridgehead atoms. The van der Waals surface area contributed by atoms with Crippen molar-refractivity contribution in [2.24, 2.45) is 5.73 Å². The number of carbonyl (C=O) groups is 2. The maximum atomic E-state index is 14.3. The summed E-state index contributed by atoms with van der Waals surface area (Å²) in [5, 5.41) is 2.82. The van der Waals surface area contributed by atoms with Crippen molar-refractivity contribution in [1.29, 1.82) is 0 Å². The van der Waals surface area contributed by atoms with Crippen LogP contribution in [0.5, 0.6) is 0 Å². The zero-order valence-electron chi connectivity index (χ0n) is 12.5. The Morgan fingerprint density at radius 3 is 2.79 bits per heavy atom. The van der Waals surface area contributed by atoms with Gasteiger partial charge in [0, 0.05) is 0 Å². The van der Waals surface area contributed by atoms with Gasteiger partial charge in [-0.15, -0.1) is 0 Å². The summed E-state index contributed by atoms with van der Waals surface area (Å²) in [5.74, 6) is -0.621. The molecule has 0 aromatic heterocycles. The van der Waals surface area contributed by atoms with E-state index in [2.05, 4.69) is 5.32 Å². The molecular formula is C14H15FN4O4S. The fourth-order valence-electron chi connectivity index (χ4n) is 2.55. The van der Waals surface area contributed by atoms with Gasteiger partial charge in [0.15, 0.2) is 5.11 Å². The zero-order chi connectivity index (χ0) is 17.3. The fourth-order valence-corrected chi connectivity index (χ4v) is 2.63. The Bertz CT molecular complexity index is 701. The van der Waals surface area contributed by atoms with E-state index in [0.29, 0.717) is 5.69 Å². The molecule has 0 radical (unpaired) electrons. The normalized spacial score (nSPS) is 20.1. The Balaban J connectivity index is 1.73. The molecule has 1 aromatic carbocycles. The van der Waals surface area contributed by atoms with Crippen molar-refractivity contribution >= 4 is 40.9 Å². The molecule has 128 valence electrons. The quantitative estimate of drug-likeness (QED) is 0.777. The lowest BCUT2D eigenvalue weighted by Crippen LogP contribution is -2.37. The summed E-state index contributed by atoms with van der Waals surface area (Å²) in [5.41, 5.74) is 5.78. The number of halogens is 1. The predicted molar refractivity (Wildman–Crippen MR) is 87.5 cm³/mol. The van der Waals surface area contributed by atoms with Gasteiger partial charge in [0.2, 0.25) is 0 Å². The van der Waals surface area contributed by atoms with Gasteiger partial charge >= 0.3 is 12.2 Å². The standard InChI is InChI=1S/C14H15FN4O4S/c15-10-5-8(1-2-11(10)18-3-4-22-13(18)20)19-7-9(23-14(19)21)6-17-12(16)24/h1-2,5,9H,3-4,6-7H2,(H3,16,17,24)/t9-/m0/s1. The fraction of sp³-hybridized carbons (Fsp3) is 0.357. The number of anilines is 2. The number of nitrogens with one attached hydrogen (secondary N) is 1. The molecule has 2 fully saturated rings. The van der Waals surface area contributed by atoms with Crippen LogP contribution in [0.3, 0.4) is 0 Å². The topological polar surface area (TPSA) is 97.1 Å². The largest absolute Gasteiger partial charge is 0.447 e. The highest BCUT2D eigenvalue weighted by molar-refractivity contribution is 7.80. The van der Waals surface area contributed by atoms with Crippen LogP contribution < -0.4 is 20.9 Å². The number of nitrogens with zero attached hydrogens (tertiary/aromatic N) is 2. The number of hydrogen-bond acceptors (Lipinski definition) is 5. The van der Waals surface area contributed by atoms with Crippen molar-refractivity contribution in [2.45, 2.75) is 6.10 Å². The number of ether oxygens (including phenoxy) is 2. The maximum absolute atomic E-state index is 14.3. The lowest BCUT2D eigenvalue weighted by Gasteiger charge is -2.17. The van der Waals surface area contributed by atoms with Gasteiger partial charge in [-0.05, 0) is 30.4 Å². The number of thiocarbonyl (C=S) groups is 1. The minimum atomic E-state index is -0.621. The molecule has 3 N–H and O–H groups in total. The molecule has 0 aliphatic carbocycles. The molecule has 24 heavy (non-hydrogen) atoms. The number of hydrogen-bond donors (Lipinski definition) is 2.